The Bertz CT molecular complexity index is 347. The standard InChI is InChI=1S/C11H15NO2/c1-4-12(3)11(14)9-7-5-6-8(2)10(9)13/h5-7,13H,4H2,1-3H3. The summed E-state index contributed by atoms with van der Waals surface area (Å²) in [5.41, 5.74) is 1.09. The van der Waals surface area contributed by atoms with Gasteiger partial charge in [0.25, 0.3) is 5.91 Å². The highest BCUT2D eigenvalue weighted by atomic mass is 16.3. The van der Waals surface area contributed by atoms with E-state index in [9.17, 15) is 9.90 Å². The average molecular weight is 193 g/mol. The second-order valence-electron chi connectivity index (χ2n) is 3.29. The van der Waals surface area contributed by atoms with Gasteiger partial charge in [0, 0.05) is 13.6 Å². The van der Waals surface area contributed by atoms with E-state index in [1.807, 2.05) is 6.92 Å². The van der Waals surface area contributed by atoms with E-state index >= 15 is 0 Å². The minimum atomic E-state index is -0.145. The van der Waals surface area contributed by atoms with Gasteiger partial charge in [-0.3, -0.25) is 4.79 Å². The lowest BCUT2D eigenvalue weighted by Gasteiger charge is -2.15. The van der Waals surface area contributed by atoms with Crippen LogP contribution in [0.15, 0.2) is 18.2 Å². The molecule has 0 bridgehead atoms. The van der Waals surface area contributed by atoms with E-state index in [0.29, 0.717) is 12.1 Å². The highest BCUT2D eigenvalue weighted by Gasteiger charge is 2.14. The number of phenols is 1. The van der Waals surface area contributed by atoms with E-state index in [-0.39, 0.29) is 11.7 Å². The van der Waals surface area contributed by atoms with Crippen LogP contribution in [0.3, 0.4) is 0 Å². The molecule has 0 atom stereocenters. The molecular formula is C11H15NO2. The molecule has 0 aliphatic carbocycles. The van der Waals surface area contributed by atoms with Gasteiger partial charge in [0.2, 0.25) is 0 Å². The molecule has 0 aliphatic rings. The Kier molecular flexibility index (Phi) is 3.12. The predicted molar refractivity (Wildman–Crippen MR) is 55.5 cm³/mol. The van der Waals surface area contributed by atoms with E-state index in [1.165, 1.54) is 0 Å². The van der Waals surface area contributed by atoms with Crippen molar-refractivity contribution >= 4 is 5.91 Å². The number of carbonyl (C=O) groups excluding carboxylic acids is 1. The van der Waals surface area contributed by atoms with Crippen LogP contribution in [0, 0.1) is 6.92 Å². The molecule has 1 amide bonds. The van der Waals surface area contributed by atoms with Gasteiger partial charge in [-0.2, -0.15) is 0 Å². The van der Waals surface area contributed by atoms with Crippen LogP contribution in [0.1, 0.15) is 22.8 Å². The SMILES string of the molecule is CCN(C)C(=O)c1cccc(C)c1O. The summed E-state index contributed by atoms with van der Waals surface area (Å²) in [6, 6.07) is 5.18. The van der Waals surface area contributed by atoms with Crippen molar-refractivity contribution < 1.29 is 9.90 Å². The first-order chi connectivity index (χ1) is 6.57. The number of hydrogen-bond acceptors (Lipinski definition) is 2. The second-order valence-corrected chi connectivity index (χ2v) is 3.29. The third-order valence-electron chi connectivity index (χ3n) is 2.29. The number of nitrogens with zero attached hydrogens (tertiary/aromatic N) is 1. The van der Waals surface area contributed by atoms with Crippen LogP contribution in [0.25, 0.3) is 0 Å². The highest BCUT2D eigenvalue weighted by Crippen LogP contribution is 2.22. The van der Waals surface area contributed by atoms with E-state index in [0.717, 1.165) is 5.56 Å². The third kappa shape index (κ3) is 1.87. The molecule has 76 valence electrons. The minimum absolute atomic E-state index is 0.0813. The molecule has 0 aromatic heterocycles. The molecule has 3 nitrogen and oxygen atoms in total. The molecule has 0 fully saturated rings. The fourth-order valence-electron chi connectivity index (χ4n) is 1.18. The number of phenolic OH excluding ortho intramolecular Hbond substituents is 1. The lowest BCUT2D eigenvalue weighted by molar-refractivity contribution is 0.0799. The molecule has 0 unspecified atom stereocenters. The second kappa shape index (κ2) is 4.13. The van der Waals surface area contributed by atoms with Crippen molar-refractivity contribution in [1.29, 1.82) is 0 Å². The molecule has 0 radical (unpaired) electrons. The van der Waals surface area contributed by atoms with Crippen molar-refractivity contribution in [3.63, 3.8) is 0 Å². The van der Waals surface area contributed by atoms with Crippen molar-refractivity contribution in [3.05, 3.63) is 29.3 Å². The fourth-order valence-corrected chi connectivity index (χ4v) is 1.18. The summed E-state index contributed by atoms with van der Waals surface area (Å²) in [4.78, 5) is 13.3. The Morgan fingerprint density at radius 2 is 2.14 bits per heavy atom. The first-order valence-corrected chi connectivity index (χ1v) is 4.62. The number of amides is 1. The summed E-state index contributed by atoms with van der Waals surface area (Å²) in [6.07, 6.45) is 0. The van der Waals surface area contributed by atoms with Gasteiger partial charge in [0.15, 0.2) is 0 Å². The maximum Gasteiger partial charge on any atom is 0.257 e. The average Bonchev–Trinajstić information content (AvgIpc) is 2.20. The molecule has 0 aliphatic heterocycles. The molecule has 3 heteroatoms. The molecule has 1 aromatic rings. The van der Waals surface area contributed by atoms with E-state index < -0.39 is 0 Å². The number of hydrogen-bond donors (Lipinski definition) is 1. The molecule has 1 rings (SSSR count). The highest BCUT2D eigenvalue weighted by molar-refractivity contribution is 5.97. The van der Waals surface area contributed by atoms with Crippen molar-refractivity contribution in [3.8, 4) is 5.75 Å². The van der Waals surface area contributed by atoms with Gasteiger partial charge in [-0.15, -0.1) is 0 Å². The summed E-state index contributed by atoms with van der Waals surface area (Å²) in [6.45, 7) is 4.30. The number of benzene rings is 1. The molecule has 1 N–H and O–H groups in total. The van der Waals surface area contributed by atoms with Crippen LogP contribution < -0.4 is 0 Å². The maximum absolute atomic E-state index is 11.7. The van der Waals surface area contributed by atoms with Gasteiger partial charge in [0.05, 0.1) is 5.56 Å². The van der Waals surface area contributed by atoms with Gasteiger partial charge >= 0.3 is 0 Å². The van der Waals surface area contributed by atoms with Crippen molar-refractivity contribution in [2.24, 2.45) is 0 Å². The van der Waals surface area contributed by atoms with Crippen LogP contribution in [-0.4, -0.2) is 29.5 Å². The molecule has 1 aromatic carbocycles. The van der Waals surface area contributed by atoms with Gasteiger partial charge in [-0.1, -0.05) is 12.1 Å². The maximum atomic E-state index is 11.7. The summed E-state index contributed by atoms with van der Waals surface area (Å²) >= 11 is 0. The minimum Gasteiger partial charge on any atom is -0.507 e. The van der Waals surface area contributed by atoms with Crippen LogP contribution >= 0.6 is 0 Å². The summed E-state index contributed by atoms with van der Waals surface area (Å²) < 4.78 is 0. The van der Waals surface area contributed by atoms with Crippen LogP contribution in [0.4, 0.5) is 0 Å². The zero-order chi connectivity index (χ0) is 10.7. The Morgan fingerprint density at radius 3 is 2.71 bits per heavy atom. The zero-order valence-corrected chi connectivity index (χ0v) is 8.74. The number of aryl methyl sites for hydroxylation is 1. The van der Waals surface area contributed by atoms with Gasteiger partial charge < -0.3 is 10.0 Å². The van der Waals surface area contributed by atoms with Crippen LogP contribution in [0.2, 0.25) is 0 Å². The predicted octanol–water partition coefficient (Wildman–Crippen LogP) is 1.79. The number of aromatic hydroxyl groups is 1. The van der Waals surface area contributed by atoms with Crippen molar-refractivity contribution in [1.82, 2.24) is 4.90 Å². The molecule has 0 heterocycles. The topological polar surface area (TPSA) is 40.5 Å². The Balaban J connectivity index is 3.07. The molecular weight excluding hydrogens is 178 g/mol. The zero-order valence-electron chi connectivity index (χ0n) is 8.74. The number of carbonyl (C=O) groups is 1. The van der Waals surface area contributed by atoms with Gasteiger partial charge in [-0.05, 0) is 25.5 Å². The molecule has 0 saturated heterocycles. The molecule has 0 spiro atoms. The molecule has 0 saturated carbocycles. The van der Waals surface area contributed by atoms with Crippen LogP contribution in [-0.2, 0) is 0 Å². The van der Waals surface area contributed by atoms with Crippen molar-refractivity contribution in [2.75, 3.05) is 13.6 Å². The largest absolute Gasteiger partial charge is 0.507 e. The molecule has 14 heavy (non-hydrogen) atoms. The number of para-hydroxylation sites is 1. The lowest BCUT2D eigenvalue weighted by atomic mass is 10.1. The summed E-state index contributed by atoms with van der Waals surface area (Å²) in [5, 5.41) is 9.66. The van der Waals surface area contributed by atoms with E-state index in [1.54, 1.807) is 37.1 Å². The van der Waals surface area contributed by atoms with Gasteiger partial charge in [-0.25, -0.2) is 0 Å². The summed E-state index contributed by atoms with van der Waals surface area (Å²) in [7, 11) is 1.71. The Labute approximate surface area is 84.0 Å². The van der Waals surface area contributed by atoms with Crippen molar-refractivity contribution in [2.45, 2.75) is 13.8 Å². The first kappa shape index (κ1) is 10.6. The third-order valence-corrected chi connectivity index (χ3v) is 2.29. The Morgan fingerprint density at radius 1 is 1.50 bits per heavy atom. The lowest BCUT2D eigenvalue weighted by Crippen LogP contribution is -2.26. The quantitative estimate of drug-likeness (QED) is 0.778. The number of rotatable bonds is 2. The monoisotopic (exact) mass is 193 g/mol. The fraction of sp³-hybridized carbons (Fsp3) is 0.364. The first-order valence-electron chi connectivity index (χ1n) is 4.62. The normalized spacial score (nSPS) is 9.93. The summed E-state index contributed by atoms with van der Waals surface area (Å²) in [5.74, 6) is -0.0634. The Hall–Kier alpha value is -1.51. The van der Waals surface area contributed by atoms with Crippen LogP contribution in [0.5, 0.6) is 5.75 Å². The smallest absolute Gasteiger partial charge is 0.257 e. The van der Waals surface area contributed by atoms with E-state index in [4.69, 9.17) is 0 Å². The van der Waals surface area contributed by atoms with Gasteiger partial charge in [0.1, 0.15) is 5.75 Å². The van der Waals surface area contributed by atoms with E-state index in [2.05, 4.69) is 0 Å².